The minimum atomic E-state index is -0.0968. The Morgan fingerprint density at radius 3 is 2.67 bits per heavy atom. The van der Waals surface area contributed by atoms with Crippen molar-refractivity contribution in [1.82, 2.24) is 0 Å². The van der Waals surface area contributed by atoms with Gasteiger partial charge in [0.1, 0.15) is 0 Å². The monoisotopic (exact) mass is 414 g/mol. The summed E-state index contributed by atoms with van der Waals surface area (Å²) in [4.78, 5) is 0. The van der Waals surface area contributed by atoms with Gasteiger partial charge in [-0.05, 0) is 80.0 Å². The van der Waals surface area contributed by atoms with E-state index in [1.165, 1.54) is 51.5 Å². The molecule has 0 aromatic heterocycles. The van der Waals surface area contributed by atoms with Gasteiger partial charge in [-0.25, -0.2) is 0 Å². The van der Waals surface area contributed by atoms with Crippen LogP contribution in [0.5, 0.6) is 0 Å². The molecule has 0 radical (unpaired) electrons. The second-order valence-corrected chi connectivity index (χ2v) is 12.9. The summed E-state index contributed by atoms with van der Waals surface area (Å²) in [6, 6.07) is 0. The predicted molar refractivity (Wildman–Crippen MR) is 119 cm³/mol. The molecule has 3 N–H and O–H groups in total. The lowest BCUT2D eigenvalue weighted by atomic mass is 9.47. The van der Waals surface area contributed by atoms with Gasteiger partial charge >= 0.3 is 0 Å². The summed E-state index contributed by atoms with van der Waals surface area (Å²) < 4.78 is 7.05. The Hall–Kier alpha value is -0.380. The standard InChI is InChI=1S/C27H43NO2/c1-16-7-12-27(28-15-16)17(2)24-23(30-27)14-22-20-6-5-18-13-19(29)8-10-25(18,3)21(20)9-11-26(22,24)4/h5,16-17,19-24,28-29H,6-15H2,1-4H3/p+1/t16-,17+,19+,20-,21+,22+,23+,24+,25+,26-,27-/m1/s1. The Morgan fingerprint density at radius 2 is 1.90 bits per heavy atom. The van der Waals surface area contributed by atoms with Crippen molar-refractivity contribution in [1.29, 1.82) is 0 Å². The molecule has 0 aromatic carbocycles. The van der Waals surface area contributed by atoms with Gasteiger partial charge < -0.3 is 15.2 Å². The van der Waals surface area contributed by atoms with Crippen LogP contribution in [0.2, 0.25) is 0 Å². The van der Waals surface area contributed by atoms with Crippen molar-refractivity contribution >= 4 is 0 Å². The summed E-state index contributed by atoms with van der Waals surface area (Å²) in [6.07, 6.45) is 14.0. The first-order chi connectivity index (χ1) is 14.3. The quantitative estimate of drug-likeness (QED) is 0.582. The van der Waals surface area contributed by atoms with Crippen LogP contribution in [0.1, 0.15) is 85.5 Å². The molecular weight excluding hydrogens is 370 g/mol. The minimum absolute atomic E-state index is 0.0811. The van der Waals surface area contributed by atoms with Crippen LogP contribution in [0.4, 0.5) is 0 Å². The number of aliphatic hydroxyl groups excluding tert-OH is 1. The zero-order valence-corrected chi connectivity index (χ0v) is 19.7. The summed E-state index contributed by atoms with van der Waals surface area (Å²) >= 11 is 0. The fourth-order valence-electron chi connectivity index (χ4n) is 9.99. The molecule has 168 valence electrons. The number of rotatable bonds is 0. The summed E-state index contributed by atoms with van der Waals surface area (Å²) in [6.45, 7) is 11.4. The zero-order chi connectivity index (χ0) is 20.9. The molecule has 0 bridgehead atoms. The highest BCUT2D eigenvalue weighted by atomic mass is 16.5. The molecule has 1 spiro atoms. The lowest BCUT2D eigenvalue weighted by Crippen LogP contribution is -3.00. The van der Waals surface area contributed by atoms with Gasteiger partial charge in [0, 0.05) is 24.2 Å². The summed E-state index contributed by atoms with van der Waals surface area (Å²) in [5, 5.41) is 12.9. The van der Waals surface area contributed by atoms with Gasteiger partial charge in [0.15, 0.2) is 0 Å². The largest absolute Gasteiger partial charge is 0.393 e. The van der Waals surface area contributed by atoms with Crippen LogP contribution in [0.3, 0.4) is 0 Å². The highest BCUT2D eigenvalue weighted by Gasteiger charge is 2.69. The maximum Gasteiger partial charge on any atom is 0.203 e. The average molecular weight is 415 g/mol. The van der Waals surface area contributed by atoms with Crippen molar-refractivity contribution in [2.24, 2.45) is 46.3 Å². The van der Waals surface area contributed by atoms with Gasteiger partial charge in [0.05, 0.1) is 18.8 Å². The minimum Gasteiger partial charge on any atom is -0.393 e. The van der Waals surface area contributed by atoms with E-state index >= 15 is 0 Å². The molecule has 0 unspecified atom stereocenters. The van der Waals surface area contributed by atoms with E-state index < -0.39 is 0 Å². The van der Waals surface area contributed by atoms with Gasteiger partial charge in [-0.1, -0.05) is 39.3 Å². The van der Waals surface area contributed by atoms with E-state index in [1.807, 2.05) is 0 Å². The third-order valence-electron chi connectivity index (χ3n) is 11.7. The van der Waals surface area contributed by atoms with Gasteiger partial charge in [0.25, 0.3) is 0 Å². The Bertz CT molecular complexity index is 739. The number of hydrogen-bond donors (Lipinski definition) is 2. The molecule has 5 fully saturated rings. The Labute approximate surface area is 183 Å². The van der Waals surface area contributed by atoms with Crippen molar-refractivity contribution in [3.05, 3.63) is 11.6 Å². The topological polar surface area (TPSA) is 46.1 Å². The Balaban J connectivity index is 1.28. The Morgan fingerprint density at radius 1 is 1.07 bits per heavy atom. The lowest BCUT2D eigenvalue weighted by molar-refractivity contribution is -0.786. The third-order valence-corrected chi connectivity index (χ3v) is 11.7. The first-order valence-electron chi connectivity index (χ1n) is 13.2. The number of hydrogen-bond acceptors (Lipinski definition) is 2. The van der Waals surface area contributed by atoms with E-state index in [2.05, 4.69) is 39.1 Å². The van der Waals surface area contributed by atoms with Crippen molar-refractivity contribution < 1.29 is 15.2 Å². The average Bonchev–Trinajstić information content (AvgIpc) is 3.16. The highest BCUT2D eigenvalue weighted by Crippen LogP contribution is 2.69. The van der Waals surface area contributed by atoms with Crippen LogP contribution >= 0.6 is 0 Å². The fourth-order valence-corrected chi connectivity index (χ4v) is 9.99. The summed E-state index contributed by atoms with van der Waals surface area (Å²) in [7, 11) is 0. The van der Waals surface area contributed by atoms with Crippen molar-refractivity contribution in [3.63, 3.8) is 0 Å². The summed E-state index contributed by atoms with van der Waals surface area (Å²) in [5.41, 5.74) is 2.49. The number of fused-ring (bicyclic) bond motifs is 7. The van der Waals surface area contributed by atoms with E-state index in [9.17, 15) is 5.11 Å². The second kappa shape index (κ2) is 6.58. The maximum atomic E-state index is 10.3. The summed E-state index contributed by atoms with van der Waals surface area (Å²) in [5.74, 6) is 4.75. The fraction of sp³-hybridized carbons (Fsp3) is 0.926. The van der Waals surface area contributed by atoms with Gasteiger partial charge in [-0.3, -0.25) is 0 Å². The number of nitrogens with two attached hydrogens (primary N) is 1. The number of quaternary nitrogens is 1. The van der Waals surface area contributed by atoms with Crippen LogP contribution in [-0.4, -0.2) is 29.6 Å². The number of ether oxygens (including phenoxy) is 1. The van der Waals surface area contributed by atoms with E-state index in [0.29, 0.717) is 22.9 Å². The van der Waals surface area contributed by atoms with Gasteiger partial charge in [-0.2, -0.15) is 0 Å². The molecule has 3 nitrogen and oxygen atoms in total. The molecule has 30 heavy (non-hydrogen) atoms. The molecule has 2 heterocycles. The van der Waals surface area contributed by atoms with Crippen LogP contribution in [0, 0.1) is 46.3 Å². The number of allylic oxidation sites excluding steroid dienone is 1. The van der Waals surface area contributed by atoms with Crippen LogP contribution in [0.25, 0.3) is 0 Å². The van der Waals surface area contributed by atoms with Crippen LogP contribution in [0.15, 0.2) is 11.6 Å². The van der Waals surface area contributed by atoms with E-state index in [1.54, 1.807) is 5.57 Å². The molecular formula is C27H44NO2+. The second-order valence-electron chi connectivity index (χ2n) is 12.9. The van der Waals surface area contributed by atoms with E-state index in [-0.39, 0.29) is 11.8 Å². The lowest BCUT2D eigenvalue weighted by Gasteiger charge is -2.58. The molecule has 0 amide bonds. The molecule has 6 aliphatic rings. The highest BCUT2D eigenvalue weighted by molar-refractivity contribution is 5.26. The molecule has 3 heteroatoms. The first kappa shape index (κ1) is 20.2. The van der Waals surface area contributed by atoms with Gasteiger partial charge in [0.2, 0.25) is 5.72 Å². The predicted octanol–water partition coefficient (Wildman–Crippen LogP) is 4.26. The molecule has 4 aliphatic carbocycles. The number of piperidine rings is 1. The zero-order valence-electron chi connectivity index (χ0n) is 19.7. The van der Waals surface area contributed by atoms with Gasteiger partial charge in [-0.15, -0.1) is 0 Å². The normalized spacial score (nSPS) is 59.8. The van der Waals surface area contributed by atoms with Crippen molar-refractivity contribution in [3.8, 4) is 0 Å². The maximum absolute atomic E-state index is 10.3. The van der Waals surface area contributed by atoms with Crippen molar-refractivity contribution in [2.45, 2.75) is 103 Å². The van der Waals surface area contributed by atoms with Crippen molar-refractivity contribution in [2.75, 3.05) is 6.54 Å². The smallest absolute Gasteiger partial charge is 0.203 e. The molecule has 2 aliphatic heterocycles. The van der Waals surface area contributed by atoms with E-state index in [4.69, 9.17) is 4.74 Å². The van der Waals surface area contributed by atoms with E-state index in [0.717, 1.165) is 42.4 Å². The van der Waals surface area contributed by atoms with Crippen LogP contribution < -0.4 is 5.32 Å². The molecule has 2 saturated heterocycles. The van der Waals surface area contributed by atoms with Crippen LogP contribution in [-0.2, 0) is 4.74 Å². The molecule has 3 saturated carbocycles. The Kier molecular flexibility index (Phi) is 4.44. The SMILES string of the molecule is C[C@@H]1CC[C@@]2([NH2+]C1)O[C@H]1C[C@H]3[C@@H]4CC=C5C[C@@H](O)CC[C@]5(C)[C@H]4CC[C@@]3(C)[C@H]1[C@@H]2C. The molecule has 0 aromatic rings. The number of aliphatic hydroxyl groups is 1. The molecule has 6 rings (SSSR count). The first-order valence-corrected chi connectivity index (χ1v) is 13.2. The molecule has 11 atom stereocenters. The third kappa shape index (κ3) is 2.55.